The number of aromatic nitrogens is 1. The van der Waals surface area contributed by atoms with Crippen LogP contribution < -0.4 is 5.32 Å². The van der Waals surface area contributed by atoms with Gasteiger partial charge in [0.15, 0.2) is 0 Å². The SMILES string of the molecule is C=CCn1ccc2cc(S(=O)(=O)N3CCCN(C(=O)Nc4ccc(CC)cc4)CC3)ccc21. The predicted molar refractivity (Wildman–Crippen MR) is 132 cm³/mol. The van der Waals surface area contributed by atoms with Gasteiger partial charge in [0.05, 0.1) is 4.90 Å². The van der Waals surface area contributed by atoms with Crippen molar-refractivity contribution in [3.63, 3.8) is 0 Å². The molecule has 3 aromatic rings. The van der Waals surface area contributed by atoms with Crippen LogP contribution in [0.4, 0.5) is 10.5 Å². The van der Waals surface area contributed by atoms with Crippen molar-refractivity contribution in [3.05, 3.63) is 72.9 Å². The Labute approximate surface area is 195 Å². The number of aryl methyl sites for hydroxylation is 1. The molecule has 0 aliphatic carbocycles. The van der Waals surface area contributed by atoms with Crippen LogP contribution in [-0.2, 0) is 23.0 Å². The third-order valence-corrected chi connectivity index (χ3v) is 7.96. The number of rotatable bonds is 6. The predicted octanol–water partition coefficient (Wildman–Crippen LogP) is 4.32. The molecule has 1 aliphatic rings. The van der Waals surface area contributed by atoms with Crippen molar-refractivity contribution < 1.29 is 13.2 Å². The Morgan fingerprint density at radius 2 is 1.85 bits per heavy atom. The Bertz CT molecular complexity index is 1250. The van der Waals surface area contributed by atoms with E-state index < -0.39 is 10.0 Å². The highest BCUT2D eigenvalue weighted by atomic mass is 32.2. The van der Waals surface area contributed by atoms with Crippen molar-refractivity contribution in [2.45, 2.75) is 31.2 Å². The molecule has 1 fully saturated rings. The van der Waals surface area contributed by atoms with E-state index in [1.54, 1.807) is 17.0 Å². The van der Waals surface area contributed by atoms with Crippen LogP contribution in [0.15, 0.2) is 72.3 Å². The lowest BCUT2D eigenvalue weighted by Gasteiger charge is -2.22. The molecule has 1 aromatic heterocycles. The van der Waals surface area contributed by atoms with Crippen LogP contribution in [-0.4, -0.2) is 54.4 Å². The monoisotopic (exact) mass is 466 g/mol. The van der Waals surface area contributed by atoms with Gasteiger partial charge in [-0.1, -0.05) is 25.1 Å². The van der Waals surface area contributed by atoms with E-state index in [9.17, 15) is 13.2 Å². The second kappa shape index (κ2) is 9.80. The van der Waals surface area contributed by atoms with Crippen molar-refractivity contribution in [3.8, 4) is 0 Å². The number of carbonyl (C=O) groups excluding carboxylic acids is 1. The second-order valence-corrected chi connectivity index (χ2v) is 10.1. The van der Waals surface area contributed by atoms with Crippen LogP contribution >= 0.6 is 0 Å². The van der Waals surface area contributed by atoms with Gasteiger partial charge in [0.25, 0.3) is 0 Å². The summed E-state index contributed by atoms with van der Waals surface area (Å²) >= 11 is 0. The molecule has 0 bridgehead atoms. The fourth-order valence-electron chi connectivity index (χ4n) is 4.15. The van der Waals surface area contributed by atoms with Crippen LogP contribution in [0.3, 0.4) is 0 Å². The first-order valence-electron chi connectivity index (χ1n) is 11.3. The number of allylic oxidation sites excluding steroid dienone is 1. The molecular formula is C25H30N4O3S. The number of hydrogen-bond acceptors (Lipinski definition) is 3. The van der Waals surface area contributed by atoms with Crippen LogP contribution in [0.2, 0.25) is 0 Å². The molecule has 2 aromatic carbocycles. The number of nitrogens with one attached hydrogen (secondary N) is 1. The average molecular weight is 467 g/mol. The van der Waals surface area contributed by atoms with E-state index in [2.05, 4.69) is 18.8 Å². The fraction of sp³-hybridized carbons (Fsp3) is 0.320. The van der Waals surface area contributed by atoms with E-state index in [0.29, 0.717) is 32.6 Å². The zero-order valence-electron chi connectivity index (χ0n) is 18.9. The van der Waals surface area contributed by atoms with Gasteiger partial charge in [-0.15, -0.1) is 6.58 Å². The van der Waals surface area contributed by atoms with Crippen molar-refractivity contribution >= 4 is 32.6 Å². The van der Waals surface area contributed by atoms with Crippen LogP contribution in [0.25, 0.3) is 10.9 Å². The Hall–Kier alpha value is -3.10. The minimum atomic E-state index is -3.65. The molecule has 4 rings (SSSR count). The summed E-state index contributed by atoms with van der Waals surface area (Å²) in [5.41, 5.74) is 2.92. The number of benzene rings is 2. The van der Waals surface area contributed by atoms with Crippen molar-refractivity contribution in [2.24, 2.45) is 0 Å². The number of fused-ring (bicyclic) bond motifs is 1. The number of anilines is 1. The normalized spacial score (nSPS) is 15.4. The van der Waals surface area contributed by atoms with Gasteiger partial charge in [-0.05, 0) is 54.8 Å². The summed E-state index contributed by atoms with van der Waals surface area (Å²) in [4.78, 5) is 14.7. The lowest BCUT2D eigenvalue weighted by Crippen LogP contribution is -2.39. The molecule has 1 saturated heterocycles. The molecule has 1 aliphatic heterocycles. The number of urea groups is 1. The van der Waals surface area contributed by atoms with E-state index in [4.69, 9.17) is 0 Å². The molecule has 0 spiro atoms. The van der Waals surface area contributed by atoms with Gasteiger partial charge in [-0.3, -0.25) is 0 Å². The molecule has 8 heteroatoms. The third-order valence-electron chi connectivity index (χ3n) is 6.06. The quantitative estimate of drug-likeness (QED) is 0.550. The fourth-order valence-corrected chi connectivity index (χ4v) is 5.66. The van der Waals surface area contributed by atoms with E-state index >= 15 is 0 Å². The molecule has 2 heterocycles. The Kier molecular flexibility index (Phi) is 6.85. The molecule has 0 unspecified atom stereocenters. The summed E-state index contributed by atoms with van der Waals surface area (Å²) in [6.45, 7) is 8.01. The van der Waals surface area contributed by atoms with Gasteiger partial charge in [0.2, 0.25) is 10.0 Å². The molecule has 33 heavy (non-hydrogen) atoms. The zero-order valence-corrected chi connectivity index (χ0v) is 19.7. The lowest BCUT2D eigenvalue weighted by molar-refractivity contribution is 0.214. The van der Waals surface area contributed by atoms with E-state index in [-0.39, 0.29) is 17.5 Å². The van der Waals surface area contributed by atoms with Crippen molar-refractivity contribution in [1.82, 2.24) is 13.8 Å². The summed E-state index contributed by atoms with van der Waals surface area (Å²) in [6.07, 6.45) is 5.27. The highest BCUT2D eigenvalue weighted by Gasteiger charge is 2.28. The summed E-state index contributed by atoms with van der Waals surface area (Å²) in [6, 6.07) is 14.7. The maximum Gasteiger partial charge on any atom is 0.321 e. The second-order valence-electron chi connectivity index (χ2n) is 8.20. The first kappa shape index (κ1) is 23.1. The third kappa shape index (κ3) is 4.96. The maximum atomic E-state index is 13.3. The number of hydrogen-bond donors (Lipinski definition) is 1. The van der Waals surface area contributed by atoms with E-state index in [0.717, 1.165) is 23.0 Å². The Morgan fingerprint density at radius 1 is 1.06 bits per heavy atom. The summed E-state index contributed by atoms with van der Waals surface area (Å²) < 4.78 is 30.2. The summed E-state index contributed by atoms with van der Waals surface area (Å²) in [7, 11) is -3.65. The summed E-state index contributed by atoms with van der Waals surface area (Å²) in [5.74, 6) is 0. The maximum absolute atomic E-state index is 13.3. The average Bonchev–Trinajstić information content (AvgIpc) is 3.04. The first-order chi connectivity index (χ1) is 15.9. The van der Waals surface area contributed by atoms with Crippen LogP contribution in [0, 0.1) is 0 Å². The first-order valence-corrected chi connectivity index (χ1v) is 12.7. The van der Waals surface area contributed by atoms with Gasteiger partial charge in [0, 0.05) is 55.5 Å². The smallest absolute Gasteiger partial charge is 0.321 e. The molecular weight excluding hydrogens is 436 g/mol. The molecule has 2 amide bonds. The number of amides is 2. The Balaban J connectivity index is 1.44. The molecule has 1 N–H and O–H groups in total. The molecule has 174 valence electrons. The standard InChI is InChI=1S/C25H30N4O3S/c1-3-13-27-16-12-21-19-23(10-11-24(21)27)33(31,32)29-15-5-14-28(17-18-29)25(30)26-22-8-6-20(4-2)7-9-22/h3,6-12,16,19H,1,4-5,13-15,17-18H2,2H3,(H,26,30). The van der Waals surface area contributed by atoms with E-state index in [1.165, 1.54) is 9.87 Å². The Morgan fingerprint density at radius 3 is 2.58 bits per heavy atom. The molecule has 0 atom stereocenters. The van der Waals surface area contributed by atoms with Gasteiger partial charge in [0.1, 0.15) is 0 Å². The van der Waals surface area contributed by atoms with E-state index in [1.807, 2.05) is 53.2 Å². The summed E-state index contributed by atoms with van der Waals surface area (Å²) in [5, 5.41) is 3.80. The van der Waals surface area contributed by atoms with Gasteiger partial charge >= 0.3 is 6.03 Å². The minimum Gasteiger partial charge on any atom is -0.344 e. The molecule has 0 saturated carbocycles. The highest BCUT2D eigenvalue weighted by Crippen LogP contribution is 2.24. The van der Waals surface area contributed by atoms with Crippen LogP contribution in [0.5, 0.6) is 0 Å². The number of carbonyl (C=O) groups is 1. The largest absolute Gasteiger partial charge is 0.344 e. The van der Waals surface area contributed by atoms with Gasteiger partial charge < -0.3 is 14.8 Å². The zero-order chi connectivity index (χ0) is 23.4. The number of sulfonamides is 1. The minimum absolute atomic E-state index is 0.205. The highest BCUT2D eigenvalue weighted by molar-refractivity contribution is 7.89. The van der Waals surface area contributed by atoms with Crippen LogP contribution in [0.1, 0.15) is 18.9 Å². The van der Waals surface area contributed by atoms with Gasteiger partial charge in [-0.25, -0.2) is 13.2 Å². The molecule has 7 nitrogen and oxygen atoms in total. The topological polar surface area (TPSA) is 74.7 Å². The van der Waals surface area contributed by atoms with Crippen molar-refractivity contribution in [2.75, 3.05) is 31.5 Å². The van der Waals surface area contributed by atoms with Crippen molar-refractivity contribution in [1.29, 1.82) is 0 Å². The number of nitrogens with zero attached hydrogens (tertiary/aromatic N) is 3. The lowest BCUT2D eigenvalue weighted by atomic mass is 10.1. The van der Waals surface area contributed by atoms with Gasteiger partial charge in [-0.2, -0.15) is 4.31 Å². The molecule has 0 radical (unpaired) electrons.